The average Bonchev–Trinajstić information content (AvgIpc) is 3.22. The second kappa shape index (κ2) is 12.3. The van der Waals surface area contributed by atoms with Gasteiger partial charge in [-0.15, -0.1) is 24.0 Å². The number of ether oxygens (including phenoxy) is 1. The Morgan fingerprint density at radius 3 is 2.44 bits per heavy atom. The summed E-state index contributed by atoms with van der Waals surface area (Å²) in [5, 5.41) is 6.47. The van der Waals surface area contributed by atoms with Crippen LogP contribution in [0.2, 0.25) is 0 Å². The number of hydrogen-bond acceptors (Lipinski definition) is 4. The second-order valence-electron chi connectivity index (χ2n) is 7.52. The number of carbonyl (C=O) groups excluding carboxylic acids is 2. The fourth-order valence-corrected chi connectivity index (χ4v) is 3.08. The van der Waals surface area contributed by atoms with Crippen molar-refractivity contribution >= 4 is 47.6 Å². The minimum Gasteiger partial charge on any atom is -0.447 e. The quantitative estimate of drug-likeness (QED) is 0.314. The lowest BCUT2D eigenvalue weighted by Gasteiger charge is -2.19. The second-order valence-corrected chi connectivity index (χ2v) is 7.52. The van der Waals surface area contributed by atoms with Crippen LogP contribution in [0, 0.1) is 0 Å². The number of nitrogens with one attached hydrogen (secondary N) is 2. The summed E-state index contributed by atoms with van der Waals surface area (Å²) in [7, 11) is 3.44. The summed E-state index contributed by atoms with van der Waals surface area (Å²) in [6, 6.07) is 17.7. The SMILES string of the molecule is CC(NC(=NCc1ccc(N2CCOC2=O)cc1)NCC(=O)N(C)C)c1ccccc1.I. The Morgan fingerprint density at radius 2 is 1.84 bits per heavy atom. The predicted octanol–water partition coefficient (Wildman–Crippen LogP) is 3.15. The molecule has 1 fully saturated rings. The first-order chi connectivity index (χ1) is 14.9. The summed E-state index contributed by atoms with van der Waals surface area (Å²) in [6.07, 6.45) is -0.318. The maximum absolute atomic E-state index is 12.0. The summed E-state index contributed by atoms with van der Waals surface area (Å²) in [4.78, 5) is 31.5. The van der Waals surface area contributed by atoms with Crippen LogP contribution in [-0.4, -0.2) is 56.7 Å². The third-order valence-electron chi connectivity index (χ3n) is 4.99. The molecular weight excluding hydrogens is 521 g/mol. The largest absolute Gasteiger partial charge is 0.447 e. The van der Waals surface area contributed by atoms with Crippen LogP contribution < -0.4 is 15.5 Å². The zero-order valence-electron chi connectivity index (χ0n) is 18.6. The van der Waals surface area contributed by atoms with Gasteiger partial charge in [0.1, 0.15) is 6.61 Å². The fourth-order valence-electron chi connectivity index (χ4n) is 3.08. The van der Waals surface area contributed by atoms with Crippen molar-refractivity contribution in [1.82, 2.24) is 15.5 Å². The van der Waals surface area contributed by atoms with E-state index in [9.17, 15) is 9.59 Å². The van der Waals surface area contributed by atoms with Crippen LogP contribution in [0.1, 0.15) is 24.1 Å². The number of nitrogens with zero attached hydrogens (tertiary/aromatic N) is 3. The molecule has 172 valence electrons. The third-order valence-corrected chi connectivity index (χ3v) is 4.99. The first kappa shape index (κ1) is 25.4. The highest BCUT2D eigenvalue weighted by atomic mass is 127. The van der Waals surface area contributed by atoms with Gasteiger partial charge in [0.15, 0.2) is 5.96 Å². The summed E-state index contributed by atoms with van der Waals surface area (Å²) >= 11 is 0. The third kappa shape index (κ3) is 7.11. The number of carbonyl (C=O) groups is 2. The highest BCUT2D eigenvalue weighted by Crippen LogP contribution is 2.19. The number of amides is 2. The maximum atomic E-state index is 12.0. The van der Waals surface area contributed by atoms with E-state index in [2.05, 4.69) is 15.6 Å². The average molecular weight is 551 g/mol. The molecule has 1 atom stereocenters. The van der Waals surface area contributed by atoms with E-state index in [1.165, 1.54) is 4.90 Å². The molecule has 0 aliphatic carbocycles. The van der Waals surface area contributed by atoms with Gasteiger partial charge in [-0.25, -0.2) is 9.79 Å². The van der Waals surface area contributed by atoms with Gasteiger partial charge in [-0.05, 0) is 30.2 Å². The molecule has 1 unspecified atom stereocenters. The molecule has 0 saturated carbocycles. The van der Waals surface area contributed by atoms with E-state index >= 15 is 0 Å². The normalized spacial score (nSPS) is 14.3. The van der Waals surface area contributed by atoms with Crippen molar-refractivity contribution in [2.75, 3.05) is 38.7 Å². The van der Waals surface area contributed by atoms with Gasteiger partial charge in [0.2, 0.25) is 5.91 Å². The van der Waals surface area contributed by atoms with Crippen LogP contribution in [-0.2, 0) is 16.1 Å². The Labute approximate surface area is 206 Å². The van der Waals surface area contributed by atoms with Crippen molar-refractivity contribution in [3.63, 3.8) is 0 Å². The number of guanidine groups is 1. The van der Waals surface area contributed by atoms with Gasteiger partial charge < -0.3 is 20.3 Å². The molecule has 0 radical (unpaired) electrons. The van der Waals surface area contributed by atoms with Crippen molar-refractivity contribution < 1.29 is 14.3 Å². The van der Waals surface area contributed by atoms with Gasteiger partial charge in [0, 0.05) is 19.8 Å². The molecule has 2 N–H and O–H groups in total. The fraction of sp³-hybridized carbons (Fsp3) is 0.348. The highest BCUT2D eigenvalue weighted by molar-refractivity contribution is 14.0. The van der Waals surface area contributed by atoms with Crippen LogP contribution >= 0.6 is 24.0 Å². The molecule has 1 aliphatic heterocycles. The zero-order chi connectivity index (χ0) is 22.2. The lowest BCUT2D eigenvalue weighted by atomic mass is 10.1. The molecule has 2 aromatic rings. The van der Waals surface area contributed by atoms with Gasteiger partial charge in [0.25, 0.3) is 0 Å². The molecule has 8 nitrogen and oxygen atoms in total. The number of halogens is 1. The zero-order valence-corrected chi connectivity index (χ0v) is 20.9. The van der Waals surface area contributed by atoms with Gasteiger partial charge in [0.05, 0.1) is 25.7 Å². The Kier molecular flexibility index (Phi) is 9.76. The standard InChI is InChI=1S/C23H29N5O3.HI/c1-17(19-7-5-4-6-8-19)26-22(25-16-21(29)27(2)3)24-15-18-9-11-20(12-10-18)28-13-14-31-23(28)30;/h4-12,17H,13-16H2,1-3H3,(H2,24,25,26);1H. The minimum atomic E-state index is -0.318. The molecule has 0 aromatic heterocycles. The van der Waals surface area contributed by atoms with Crippen LogP contribution in [0.5, 0.6) is 0 Å². The maximum Gasteiger partial charge on any atom is 0.414 e. The van der Waals surface area contributed by atoms with Crippen molar-refractivity contribution in [2.24, 2.45) is 4.99 Å². The van der Waals surface area contributed by atoms with Gasteiger partial charge >= 0.3 is 6.09 Å². The predicted molar refractivity (Wildman–Crippen MR) is 136 cm³/mol. The molecule has 0 spiro atoms. The van der Waals surface area contributed by atoms with Crippen LogP contribution in [0.4, 0.5) is 10.5 Å². The monoisotopic (exact) mass is 551 g/mol. The van der Waals surface area contributed by atoms with Crippen molar-refractivity contribution in [3.05, 3.63) is 65.7 Å². The van der Waals surface area contributed by atoms with E-state index in [0.717, 1.165) is 16.8 Å². The van der Waals surface area contributed by atoms with Crippen molar-refractivity contribution in [1.29, 1.82) is 0 Å². The first-order valence-corrected chi connectivity index (χ1v) is 10.3. The van der Waals surface area contributed by atoms with E-state index in [4.69, 9.17) is 4.74 Å². The summed E-state index contributed by atoms with van der Waals surface area (Å²) < 4.78 is 4.98. The van der Waals surface area contributed by atoms with Gasteiger partial charge in [-0.1, -0.05) is 42.5 Å². The summed E-state index contributed by atoms with van der Waals surface area (Å²) in [6.45, 7) is 3.60. The summed E-state index contributed by atoms with van der Waals surface area (Å²) in [5.74, 6) is 0.516. The lowest BCUT2D eigenvalue weighted by Crippen LogP contribution is -2.43. The molecule has 0 bridgehead atoms. The first-order valence-electron chi connectivity index (χ1n) is 10.3. The molecule has 1 saturated heterocycles. The van der Waals surface area contributed by atoms with E-state index < -0.39 is 0 Å². The van der Waals surface area contributed by atoms with Crippen LogP contribution in [0.25, 0.3) is 0 Å². The van der Waals surface area contributed by atoms with Gasteiger partial charge in [-0.2, -0.15) is 0 Å². The van der Waals surface area contributed by atoms with E-state index in [0.29, 0.717) is 25.7 Å². The topological polar surface area (TPSA) is 86.3 Å². The highest BCUT2D eigenvalue weighted by Gasteiger charge is 2.23. The van der Waals surface area contributed by atoms with Crippen LogP contribution in [0.15, 0.2) is 59.6 Å². The number of anilines is 1. The smallest absolute Gasteiger partial charge is 0.414 e. The van der Waals surface area contributed by atoms with E-state index in [-0.39, 0.29) is 48.6 Å². The number of rotatable bonds is 7. The van der Waals surface area contributed by atoms with Crippen molar-refractivity contribution in [2.45, 2.75) is 19.5 Å². The number of cyclic esters (lactones) is 1. The number of benzene rings is 2. The Morgan fingerprint density at radius 1 is 1.16 bits per heavy atom. The van der Waals surface area contributed by atoms with Crippen LogP contribution in [0.3, 0.4) is 0 Å². The molecule has 1 aliphatic rings. The number of aliphatic imine (C=N–C) groups is 1. The molecular formula is C23H30IN5O3. The number of likely N-dealkylation sites (N-methyl/N-ethyl adjacent to an activating group) is 1. The molecule has 9 heteroatoms. The van der Waals surface area contributed by atoms with E-state index in [1.807, 2.05) is 61.5 Å². The van der Waals surface area contributed by atoms with Crippen molar-refractivity contribution in [3.8, 4) is 0 Å². The Hall–Kier alpha value is -2.82. The molecule has 2 amide bonds. The Bertz CT molecular complexity index is 919. The number of hydrogen-bond donors (Lipinski definition) is 2. The van der Waals surface area contributed by atoms with E-state index in [1.54, 1.807) is 19.0 Å². The Balaban J connectivity index is 0.00000363. The summed E-state index contributed by atoms with van der Waals surface area (Å²) in [5.41, 5.74) is 2.92. The molecule has 2 aromatic carbocycles. The van der Waals surface area contributed by atoms with Gasteiger partial charge in [-0.3, -0.25) is 9.69 Å². The lowest BCUT2D eigenvalue weighted by molar-refractivity contribution is -0.127. The molecule has 32 heavy (non-hydrogen) atoms. The molecule has 3 rings (SSSR count). The molecule has 1 heterocycles. The minimum absolute atomic E-state index is 0.